The number of aromatic nitrogens is 2. The Hall–Kier alpha value is 0.0200. The van der Waals surface area contributed by atoms with Crippen molar-refractivity contribution in [2.45, 2.75) is 73.2 Å². The second-order valence-electron chi connectivity index (χ2n) is 5.65. The summed E-state index contributed by atoms with van der Waals surface area (Å²) in [6.45, 7) is 9.94. The van der Waals surface area contributed by atoms with E-state index >= 15 is 0 Å². The Bertz CT molecular complexity index is 505. The molecular weight excluding hydrogens is 376 g/mol. The van der Waals surface area contributed by atoms with Crippen LogP contribution in [0.25, 0.3) is 0 Å². The third-order valence-corrected chi connectivity index (χ3v) is 8.20. The Balaban J connectivity index is 2.43. The van der Waals surface area contributed by atoms with Crippen LogP contribution < -0.4 is 0 Å². The van der Waals surface area contributed by atoms with Gasteiger partial charge in [0.25, 0.3) is 0 Å². The summed E-state index contributed by atoms with van der Waals surface area (Å²) in [6.07, 6.45) is 7.13. The lowest BCUT2D eigenvalue weighted by Gasteiger charge is -2.14. The molecule has 0 amide bonds. The molecule has 0 radical (unpaired) electrons. The van der Waals surface area contributed by atoms with E-state index in [-0.39, 0.29) is 5.12 Å². The molecule has 7 heteroatoms. The summed E-state index contributed by atoms with van der Waals surface area (Å²) in [5.41, 5.74) is 0.633. The number of unbranched alkanes of at least 4 members (excludes halogenated alkanes) is 3. The largest absolute Gasteiger partial charge is 0.282 e. The van der Waals surface area contributed by atoms with Gasteiger partial charge in [-0.05, 0) is 25.3 Å². The SMILES string of the molecule is C=C(C)C(=O)SC(CCCC)CSc1nnc(SCCCCC)s1. The van der Waals surface area contributed by atoms with Gasteiger partial charge in [0.1, 0.15) is 0 Å². The number of rotatable bonds is 13. The topological polar surface area (TPSA) is 42.9 Å². The standard InChI is InChI=1S/C17H28N2OS4/c1-5-7-9-11-21-16-18-19-17(24-16)22-12-14(10-8-6-2)23-15(20)13(3)4/h14H,3,5-12H2,1-2,4H3. The molecule has 0 aliphatic rings. The third kappa shape index (κ3) is 9.49. The fourth-order valence-corrected chi connectivity index (χ4v) is 6.20. The van der Waals surface area contributed by atoms with Crippen molar-refractivity contribution < 1.29 is 4.79 Å². The van der Waals surface area contributed by atoms with Gasteiger partial charge in [-0.3, -0.25) is 4.79 Å². The molecule has 3 nitrogen and oxygen atoms in total. The van der Waals surface area contributed by atoms with Crippen LogP contribution in [0.1, 0.15) is 59.3 Å². The first-order chi connectivity index (χ1) is 11.6. The average molecular weight is 405 g/mol. The van der Waals surface area contributed by atoms with Crippen LogP contribution >= 0.6 is 46.6 Å². The first-order valence-corrected chi connectivity index (χ1v) is 12.2. The van der Waals surface area contributed by atoms with Crippen molar-refractivity contribution in [1.82, 2.24) is 10.2 Å². The molecule has 1 aromatic rings. The molecular formula is C17H28N2OS4. The molecule has 0 aliphatic heterocycles. The van der Waals surface area contributed by atoms with Crippen LogP contribution in [0, 0.1) is 0 Å². The molecule has 0 aromatic carbocycles. The maximum Gasteiger partial charge on any atom is 0.214 e. The number of thioether (sulfide) groups is 3. The lowest BCUT2D eigenvalue weighted by molar-refractivity contribution is -0.107. The second kappa shape index (κ2) is 13.3. The molecule has 0 saturated heterocycles. The van der Waals surface area contributed by atoms with Crippen LogP contribution in [0.4, 0.5) is 0 Å². The van der Waals surface area contributed by atoms with E-state index in [0.29, 0.717) is 10.8 Å². The Labute approximate surface area is 163 Å². The van der Waals surface area contributed by atoms with Crippen molar-refractivity contribution in [1.29, 1.82) is 0 Å². The fourth-order valence-electron chi connectivity index (χ4n) is 1.85. The molecule has 136 valence electrons. The van der Waals surface area contributed by atoms with E-state index in [4.69, 9.17) is 0 Å². The highest BCUT2D eigenvalue weighted by Gasteiger charge is 2.16. The molecule has 1 rings (SSSR count). The minimum absolute atomic E-state index is 0.112. The summed E-state index contributed by atoms with van der Waals surface area (Å²) >= 11 is 6.63. The molecule has 1 atom stereocenters. The molecule has 1 aromatic heterocycles. The van der Waals surface area contributed by atoms with Gasteiger partial charge in [-0.25, -0.2) is 0 Å². The van der Waals surface area contributed by atoms with Crippen LogP contribution in [0.3, 0.4) is 0 Å². The maximum absolute atomic E-state index is 11.9. The summed E-state index contributed by atoms with van der Waals surface area (Å²) in [5, 5.41) is 8.98. The normalized spacial score (nSPS) is 12.3. The van der Waals surface area contributed by atoms with Gasteiger partial charge in [0.2, 0.25) is 5.12 Å². The Morgan fingerprint density at radius 3 is 2.42 bits per heavy atom. The Kier molecular flexibility index (Phi) is 12.2. The van der Waals surface area contributed by atoms with Crippen molar-refractivity contribution in [3.05, 3.63) is 12.2 Å². The van der Waals surface area contributed by atoms with Crippen molar-refractivity contribution in [2.24, 2.45) is 0 Å². The Morgan fingerprint density at radius 2 is 1.79 bits per heavy atom. The first-order valence-electron chi connectivity index (χ1n) is 8.52. The van der Waals surface area contributed by atoms with E-state index in [1.165, 1.54) is 31.0 Å². The summed E-state index contributed by atoms with van der Waals surface area (Å²) in [6, 6.07) is 0. The average Bonchev–Trinajstić information content (AvgIpc) is 3.01. The van der Waals surface area contributed by atoms with E-state index in [1.54, 1.807) is 41.8 Å². The van der Waals surface area contributed by atoms with Crippen LogP contribution in [-0.2, 0) is 4.79 Å². The van der Waals surface area contributed by atoms with Crippen LogP contribution in [0.5, 0.6) is 0 Å². The first kappa shape index (κ1) is 22.1. The summed E-state index contributed by atoms with van der Waals surface area (Å²) in [4.78, 5) is 11.9. The molecule has 0 bridgehead atoms. The van der Waals surface area contributed by atoms with Gasteiger partial charge < -0.3 is 0 Å². The fraction of sp³-hybridized carbons (Fsp3) is 0.706. The molecule has 24 heavy (non-hydrogen) atoms. The predicted molar refractivity (Wildman–Crippen MR) is 112 cm³/mol. The van der Waals surface area contributed by atoms with E-state index in [2.05, 4.69) is 30.6 Å². The van der Waals surface area contributed by atoms with Crippen LogP contribution in [0.2, 0.25) is 0 Å². The van der Waals surface area contributed by atoms with Gasteiger partial charge in [-0.2, -0.15) is 0 Å². The smallest absolute Gasteiger partial charge is 0.214 e. The monoisotopic (exact) mass is 404 g/mol. The predicted octanol–water partition coefficient (Wildman–Crippen LogP) is 6.31. The molecule has 1 heterocycles. The van der Waals surface area contributed by atoms with Crippen molar-refractivity contribution in [3.63, 3.8) is 0 Å². The lowest BCUT2D eigenvalue weighted by Crippen LogP contribution is -2.10. The van der Waals surface area contributed by atoms with Crippen molar-refractivity contribution in [3.8, 4) is 0 Å². The van der Waals surface area contributed by atoms with Gasteiger partial charge >= 0.3 is 0 Å². The number of hydrogen-bond donors (Lipinski definition) is 0. The summed E-state index contributed by atoms with van der Waals surface area (Å²) < 4.78 is 2.07. The van der Waals surface area contributed by atoms with Gasteiger partial charge in [0.15, 0.2) is 8.68 Å². The van der Waals surface area contributed by atoms with E-state index in [9.17, 15) is 4.79 Å². The minimum atomic E-state index is 0.112. The maximum atomic E-state index is 11.9. The van der Waals surface area contributed by atoms with Crippen molar-refractivity contribution >= 4 is 51.7 Å². The molecule has 1 unspecified atom stereocenters. The summed E-state index contributed by atoms with van der Waals surface area (Å²) in [7, 11) is 0. The highest BCUT2D eigenvalue weighted by molar-refractivity contribution is 8.15. The van der Waals surface area contributed by atoms with Crippen molar-refractivity contribution in [2.75, 3.05) is 11.5 Å². The quantitative estimate of drug-likeness (QED) is 0.218. The minimum Gasteiger partial charge on any atom is -0.282 e. The molecule has 0 spiro atoms. The molecule has 0 saturated carbocycles. The number of carbonyl (C=O) groups is 1. The molecule has 0 N–H and O–H groups in total. The molecule has 0 fully saturated rings. The van der Waals surface area contributed by atoms with Gasteiger partial charge in [0.05, 0.1) is 0 Å². The van der Waals surface area contributed by atoms with E-state index < -0.39 is 0 Å². The van der Waals surface area contributed by atoms with E-state index in [1.807, 2.05) is 0 Å². The second-order valence-corrected chi connectivity index (χ2v) is 10.5. The molecule has 0 aliphatic carbocycles. The van der Waals surface area contributed by atoms with Gasteiger partial charge in [-0.15, -0.1) is 10.2 Å². The highest BCUT2D eigenvalue weighted by Crippen LogP contribution is 2.32. The van der Waals surface area contributed by atoms with Crippen LogP contribution in [-0.4, -0.2) is 32.1 Å². The number of nitrogens with zero attached hydrogens (tertiary/aromatic N) is 2. The zero-order valence-electron chi connectivity index (χ0n) is 14.9. The van der Waals surface area contributed by atoms with Crippen LogP contribution in [0.15, 0.2) is 20.8 Å². The highest BCUT2D eigenvalue weighted by atomic mass is 32.2. The Morgan fingerprint density at radius 1 is 1.12 bits per heavy atom. The van der Waals surface area contributed by atoms with E-state index in [0.717, 1.165) is 39.4 Å². The lowest BCUT2D eigenvalue weighted by atomic mass is 10.2. The third-order valence-electron chi connectivity index (χ3n) is 3.26. The summed E-state index contributed by atoms with van der Waals surface area (Å²) in [5.74, 6) is 2.02. The number of carbonyl (C=O) groups excluding carboxylic acids is 1. The van der Waals surface area contributed by atoms with Gasteiger partial charge in [-0.1, -0.05) is 92.7 Å². The number of hydrogen-bond acceptors (Lipinski definition) is 7. The zero-order chi connectivity index (χ0) is 17.8. The van der Waals surface area contributed by atoms with Gasteiger partial charge in [0, 0.05) is 16.8 Å². The zero-order valence-corrected chi connectivity index (χ0v) is 18.1.